The van der Waals surface area contributed by atoms with Crippen molar-refractivity contribution >= 4 is 5.96 Å². The molecule has 0 spiro atoms. The second-order valence-corrected chi connectivity index (χ2v) is 6.57. The molecule has 28 heavy (non-hydrogen) atoms. The van der Waals surface area contributed by atoms with E-state index in [0.717, 1.165) is 55.6 Å². The Bertz CT molecular complexity index is 725. The molecule has 1 heterocycles. The number of hydrogen-bond acceptors (Lipinski definition) is 4. The van der Waals surface area contributed by atoms with Crippen molar-refractivity contribution in [2.45, 2.75) is 40.2 Å². The molecule has 0 aliphatic heterocycles. The van der Waals surface area contributed by atoms with Crippen LogP contribution in [0.25, 0.3) is 0 Å². The van der Waals surface area contributed by atoms with Crippen LogP contribution in [-0.4, -0.2) is 49.1 Å². The molecule has 0 fully saturated rings. The predicted octanol–water partition coefficient (Wildman–Crippen LogP) is 2.92. The minimum Gasteiger partial charge on any atom is -0.497 e. The maximum atomic E-state index is 5.73. The lowest BCUT2D eigenvalue weighted by Crippen LogP contribution is -2.38. The molecule has 0 unspecified atom stereocenters. The Labute approximate surface area is 168 Å². The summed E-state index contributed by atoms with van der Waals surface area (Å²) in [6.07, 6.45) is 1.85. The van der Waals surface area contributed by atoms with Crippen LogP contribution in [0.1, 0.15) is 31.2 Å². The van der Waals surface area contributed by atoms with E-state index < -0.39 is 0 Å². The maximum Gasteiger partial charge on any atom is 0.191 e. The van der Waals surface area contributed by atoms with Gasteiger partial charge >= 0.3 is 0 Å². The van der Waals surface area contributed by atoms with Gasteiger partial charge in [-0.3, -0.25) is 9.67 Å². The molecule has 2 rings (SSSR count). The van der Waals surface area contributed by atoms with Crippen LogP contribution < -0.4 is 20.1 Å². The summed E-state index contributed by atoms with van der Waals surface area (Å²) in [5, 5.41) is 11.2. The molecule has 7 heteroatoms. The number of hydrogen-bond donors (Lipinski definition) is 2. The van der Waals surface area contributed by atoms with E-state index in [4.69, 9.17) is 9.47 Å². The summed E-state index contributed by atoms with van der Waals surface area (Å²) < 4.78 is 12.9. The van der Waals surface area contributed by atoms with Crippen molar-refractivity contribution in [3.63, 3.8) is 0 Å². The second kappa shape index (κ2) is 11.9. The van der Waals surface area contributed by atoms with Crippen LogP contribution in [0.15, 0.2) is 35.3 Å². The van der Waals surface area contributed by atoms with Gasteiger partial charge in [0.05, 0.1) is 19.4 Å². The number of methoxy groups -OCH3 is 1. The molecule has 2 aromatic rings. The largest absolute Gasteiger partial charge is 0.497 e. The molecule has 7 nitrogen and oxygen atoms in total. The number of ether oxygens (including phenoxy) is 2. The molecule has 0 atom stereocenters. The van der Waals surface area contributed by atoms with E-state index in [9.17, 15) is 0 Å². The van der Waals surface area contributed by atoms with Gasteiger partial charge in [-0.05, 0) is 57.5 Å². The number of guanidine groups is 1. The Hall–Kier alpha value is -2.70. The number of rotatable bonds is 11. The van der Waals surface area contributed by atoms with E-state index >= 15 is 0 Å². The van der Waals surface area contributed by atoms with E-state index in [1.165, 1.54) is 5.69 Å². The minimum atomic E-state index is 0.632. The molecule has 0 saturated carbocycles. The normalized spacial score (nSPS) is 11.4. The van der Waals surface area contributed by atoms with Crippen LogP contribution in [0.5, 0.6) is 11.5 Å². The molecule has 0 radical (unpaired) electrons. The van der Waals surface area contributed by atoms with Gasteiger partial charge in [0.1, 0.15) is 11.5 Å². The van der Waals surface area contributed by atoms with Crippen LogP contribution in [0, 0.1) is 13.8 Å². The SMILES string of the molecule is CCNC(=NCCCOc1ccc(OC)cc1)NCCCn1nc(C)cc1C. The Morgan fingerprint density at radius 2 is 1.86 bits per heavy atom. The average Bonchev–Trinajstić information content (AvgIpc) is 3.02. The van der Waals surface area contributed by atoms with Gasteiger partial charge < -0.3 is 20.1 Å². The van der Waals surface area contributed by atoms with Gasteiger partial charge in [0, 0.05) is 38.3 Å². The van der Waals surface area contributed by atoms with E-state index in [1.807, 2.05) is 31.2 Å². The summed E-state index contributed by atoms with van der Waals surface area (Å²) in [7, 11) is 1.66. The summed E-state index contributed by atoms with van der Waals surface area (Å²) in [6.45, 7) is 10.1. The van der Waals surface area contributed by atoms with Crippen molar-refractivity contribution in [3.8, 4) is 11.5 Å². The van der Waals surface area contributed by atoms with Crippen LogP contribution in [0.2, 0.25) is 0 Å². The van der Waals surface area contributed by atoms with Crippen molar-refractivity contribution < 1.29 is 9.47 Å². The average molecular weight is 388 g/mol. The molecule has 0 saturated heterocycles. The van der Waals surface area contributed by atoms with Gasteiger partial charge in [-0.2, -0.15) is 5.10 Å². The zero-order valence-electron chi connectivity index (χ0n) is 17.5. The first-order valence-corrected chi connectivity index (χ1v) is 9.92. The molecule has 0 aliphatic carbocycles. The highest BCUT2D eigenvalue weighted by molar-refractivity contribution is 5.79. The van der Waals surface area contributed by atoms with Crippen LogP contribution in [0.3, 0.4) is 0 Å². The molecular formula is C21H33N5O2. The molecular weight excluding hydrogens is 354 g/mol. The highest BCUT2D eigenvalue weighted by Crippen LogP contribution is 2.16. The van der Waals surface area contributed by atoms with Crippen LogP contribution >= 0.6 is 0 Å². The molecule has 0 aliphatic rings. The number of nitrogens with one attached hydrogen (secondary N) is 2. The molecule has 1 aromatic carbocycles. The van der Waals surface area contributed by atoms with Gasteiger partial charge in [0.25, 0.3) is 0 Å². The van der Waals surface area contributed by atoms with Crippen molar-refractivity contribution in [1.29, 1.82) is 0 Å². The van der Waals surface area contributed by atoms with Crippen molar-refractivity contribution in [3.05, 3.63) is 41.7 Å². The predicted molar refractivity (Wildman–Crippen MR) is 113 cm³/mol. The first kappa shape index (κ1) is 21.6. The highest BCUT2D eigenvalue weighted by atomic mass is 16.5. The van der Waals surface area contributed by atoms with E-state index in [0.29, 0.717) is 13.2 Å². The van der Waals surface area contributed by atoms with E-state index in [1.54, 1.807) is 7.11 Å². The zero-order valence-corrected chi connectivity index (χ0v) is 17.5. The summed E-state index contributed by atoms with van der Waals surface area (Å²) in [5.41, 5.74) is 2.27. The monoisotopic (exact) mass is 387 g/mol. The Morgan fingerprint density at radius 1 is 1.11 bits per heavy atom. The van der Waals surface area contributed by atoms with Crippen LogP contribution in [-0.2, 0) is 6.54 Å². The fourth-order valence-corrected chi connectivity index (χ4v) is 2.80. The zero-order chi connectivity index (χ0) is 20.2. The van der Waals surface area contributed by atoms with E-state index in [-0.39, 0.29) is 0 Å². The van der Waals surface area contributed by atoms with Gasteiger partial charge in [-0.15, -0.1) is 0 Å². The third-order valence-corrected chi connectivity index (χ3v) is 4.19. The van der Waals surface area contributed by atoms with Crippen molar-refractivity contribution in [1.82, 2.24) is 20.4 Å². The molecule has 0 bridgehead atoms. The lowest BCUT2D eigenvalue weighted by Gasteiger charge is -2.12. The molecule has 154 valence electrons. The molecule has 0 amide bonds. The molecule has 1 aromatic heterocycles. The third kappa shape index (κ3) is 7.50. The molecule has 2 N–H and O–H groups in total. The third-order valence-electron chi connectivity index (χ3n) is 4.19. The first-order valence-electron chi connectivity index (χ1n) is 9.92. The lowest BCUT2D eigenvalue weighted by molar-refractivity contribution is 0.312. The fourth-order valence-electron chi connectivity index (χ4n) is 2.80. The van der Waals surface area contributed by atoms with E-state index in [2.05, 4.69) is 45.3 Å². The second-order valence-electron chi connectivity index (χ2n) is 6.57. The topological polar surface area (TPSA) is 72.7 Å². The van der Waals surface area contributed by atoms with Gasteiger partial charge in [-0.1, -0.05) is 0 Å². The number of aryl methyl sites for hydroxylation is 3. The number of benzene rings is 1. The minimum absolute atomic E-state index is 0.632. The smallest absolute Gasteiger partial charge is 0.191 e. The summed E-state index contributed by atoms with van der Waals surface area (Å²) in [4.78, 5) is 4.61. The summed E-state index contributed by atoms with van der Waals surface area (Å²) in [6, 6.07) is 9.72. The summed E-state index contributed by atoms with van der Waals surface area (Å²) >= 11 is 0. The van der Waals surface area contributed by atoms with Crippen LogP contribution in [0.4, 0.5) is 0 Å². The van der Waals surface area contributed by atoms with Gasteiger partial charge in [0.2, 0.25) is 0 Å². The van der Waals surface area contributed by atoms with Crippen molar-refractivity contribution in [2.24, 2.45) is 4.99 Å². The quantitative estimate of drug-likeness (QED) is 0.352. The highest BCUT2D eigenvalue weighted by Gasteiger charge is 2.01. The Balaban J connectivity index is 1.65. The number of aromatic nitrogens is 2. The van der Waals surface area contributed by atoms with Crippen molar-refractivity contribution in [2.75, 3.05) is 33.4 Å². The van der Waals surface area contributed by atoms with Gasteiger partial charge in [-0.25, -0.2) is 0 Å². The lowest BCUT2D eigenvalue weighted by atomic mass is 10.3. The standard InChI is InChI=1S/C21H33N5O2/c1-5-22-21(23-12-6-14-26-18(3)16-17(2)25-26)24-13-7-15-28-20-10-8-19(27-4)9-11-20/h8-11,16H,5-7,12-15H2,1-4H3,(H2,22,23,24). The first-order chi connectivity index (χ1) is 13.6. The van der Waals surface area contributed by atoms with Gasteiger partial charge in [0.15, 0.2) is 5.96 Å². The Morgan fingerprint density at radius 3 is 2.50 bits per heavy atom. The fraction of sp³-hybridized carbons (Fsp3) is 0.524. The number of nitrogens with zero attached hydrogens (tertiary/aromatic N) is 3. The Kier molecular flexibility index (Phi) is 9.18. The summed E-state index contributed by atoms with van der Waals surface area (Å²) in [5.74, 6) is 2.52. The number of aliphatic imine (C=N–C) groups is 1. The maximum absolute atomic E-state index is 5.73.